The number of halogens is 2. The number of aryl methyl sites for hydroxylation is 1. The lowest BCUT2D eigenvalue weighted by Crippen LogP contribution is -2.53. The van der Waals surface area contributed by atoms with Crippen molar-refractivity contribution in [2.45, 2.75) is 39.3 Å². The number of amides is 2. The summed E-state index contributed by atoms with van der Waals surface area (Å²) in [4.78, 5) is 28.7. The van der Waals surface area contributed by atoms with E-state index in [4.69, 9.17) is 23.2 Å². The molecule has 3 aromatic rings. The number of nitrogens with zero attached hydrogens (tertiary/aromatic N) is 2. The molecule has 0 heterocycles. The Bertz CT molecular complexity index is 1380. The number of carbonyl (C=O) groups excluding carboxylic acids is 2. The summed E-state index contributed by atoms with van der Waals surface area (Å²) in [6, 6.07) is 20.5. The Kier molecular flexibility index (Phi) is 10.8. The van der Waals surface area contributed by atoms with Gasteiger partial charge in [0.2, 0.25) is 21.8 Å². The zero-order chi connectivity index (χ0) is 28.6. The van der Waals surface area contributed by atoms with Gasteiger partial charge in [-0.2, -0.15) is 0 Å². The standard InChI is InChI=1S/C29H33Cl2N3O4S/c1-4-21-11-14-24(15-12-21)34(39(3,37)38)20-28(35)33(19-23-13-16-25(30)26(31)17-23)27(29(36)32-5-2)18-22-9-7-6-8-10-22/h6-17,27H,4-5,18-20H2,1-3H3,(H,32,36)/t27-/m1/s1. The minimum absolute atomic E-state index is 0.0245. The first kappa shape index (κ1) is 30.5. The largest absolute Gasteiger partial charge is 0.355 e. The van der Waals surface area contributed by atoms with E-state index >= 15 is 0 Å². The van der Waals surface area contributed by atoms with Crippen LogP contribution in [0.2, 0.25) is 10.0 Å². The van der Waals surface area contributed by atoms with Gasteiger partial charge in [-0.05, 0) is 54.3 Å². The Morgan fingerprint density at radius 1 is 0.872 bits per heavy atom. The summed E-state index contributed by atoms with van der Waals surface area (Å²) in [6.45, 7) is 3.72. The van der Waals surface area contributed by atoms with Crippen LogP contribution in [0.1, 0.15) is 30.5 Å². The normalized spacial score (nSPS) is 12.0. The van der Waals surface area contributed by atoms with Gasteiger partial charge < -0.3 is 10.2 Å². The van der Waals surface area contributed by atoms with E-state index in [1.165, 1.54) is 4.90 Å². The summed E-state index contributed by atoms with van der Waals surface area (Å²) in [7, 11) is -3.82. The van der Waals surface area contributed by atoms with E-state index in [2.05, 4.69) is 5.32 Å². The molecular formula is C29H33Cl2N3O4S. The highest BCUT2D eigenvalue weighted by atomic mass is 35.5. The van der Waals surface area contributed by atoms with Crippen LogP contribution in [0.4, 0.5) is 5.69 Å². The van der Waals surface area contributed by atoms with Crippen LogP contribution in [-0.4, -0.2) is 50.5 Å². The molecule has 0 aliphatic rings. The quantitative estimate of drug-likeness (QED) is 0.318. The molecule has 0 aliphatic heterocycles. The van der Waals surface area contributed by atoms with E-state index in [0.717, 1.165) is 28.1 Å². The number of sulfonamides is 1. The van der Waals surface area contributed by atoms with Crippen molar-refractivity contribution in [1.29, 1.82) is 0 Å². The maximum absolute atomic E-state index is 14.0. The molecule has 7 nitrogen and oxygen atoms in total. The summed E-state index contributed by atoms with van der Waals surface area (Å²) in [5, 5.41) is 3.50. The van der Waals surface area contributed by atoms with Gasteiger partial charge in [0, 0.05) is 19.5 Å². The summed E-state index contributed by atoms with van der Waals surface area (Å²) in [5.41, 5.74) is 2.92. The van der Waals surface area contributed by atoms with Crippen molar-refractivity contribution in [3.63, 3.8) is 0 Å². The molecule has 2 amide bonds. The molecule has 10 heteroatoms. The number of hydrogen-bond donors (Lipinski definition) is 1. The molecule has 3 rings (SSSR count). The minimum atomic E-state index is -3.82. The molecule has 0 saturated carbocycles. The molecule has 0 saturated heterocycles. The summed E-state index contributed by atoms with van der Waals surface area (Å²) in [6.07, 6.45) is 2.09. The van der Waals surface area contributed by atoms with Gasteiger partial charge in [-0.3, -0.25) is 13.9 Å². The number of hydrogen-bond acceptors (Lipinski definition) is 4. The highest BCUT2D eigenvalue weighted by molar-refractivity contribution is 7.92. The predicted molar refractivity (Wildman–Crippen MR) is 158 cm³/mol. The maximum Gasteiger partial charge on any atom is 0.244 e. The second-order valence-electron chi connectivity index (χ2n) is 9.16. The SMILES string of the molecule is CCNC(=O)[C@@H](Cc1ccccc1)N(Cc1ccc(Cl)c(Cl)c1)C(=O)CN(c1ccc(CC)cc1)S(C)(=O)=O. The molecule has 0 bridgehead atoms. The summed E-state index contributed by atoms with van der Waals surface area (Å²) >= 11 is 12.3. The maximum atomic E-state index is 14.0. The fraction of sp³-hybridized carbons (Fsp3) is 0.310. The van der Waals surface area contributed by atoms with Crippen LogP contribution in [0, 0.1) is 0 Å². The number of benzene rings is 3. The topological polar surface area (TPSA) is 86.8 Å². The number of anilines is 1. The van der Waals surface area contributed by atoms with Gasteiger partial charge in [0.25, 0.3) is 0 Å². The molecule has 1 atom stereocenters. The van der Waals surface area contributed by atoms with Gasteiger partial charge in [-0.1, -0.05) is 78.7 Å². The molecule has 0 unspecified atom stereocenters. The molecule has 39 heavy (non-hydrogen) atoms. The van der Waals surface area contributed by atoms with Crippen molar-refractivity contribution >= 4 is 50.7 Å². The van der Waals surface area contributed by atoms with E-state index in [1.54, 1.807) is 37.3 Å². The second kappa shape index (κ2) is 13.8. The third kappa shape index (κ3) is 8.46. The second-order valence-corrected chi connectivity index (χ2v) is 11.9. The first-order valence-corrected chi connectivity index (χ1v) is 15.3. The summed E-state index contributed by atoms with van der Waals surface area (Å²) in [5.74, 6) is -0.869. The Morgan fingerprint density at radius 3 is 2.08 bits per heavy atom. The molecule has 0 aromatic heterocycles. The van der Waals surface area contributed by atoms with Gasteiger partial charge in [0.1, 0.15) is 12.6 Å². The molecule has 0 fully saturated rings. The highest BCUT2D eigenvalue weighted by Crippen LogP contribution is 2.25. The third-order valence-electron chi connectivity index (χ3n) is 6.27. The zero-order valence-electron chi connectivity index (χ0n) is 22.2. The van der Waals surface area contributed by atoms with Crippen LogP contribution in [0.15, 0.2) is 72.8 Å². The average molecular weight is 591 g/mol. The fourth-order valence-corrected chi connectivity index (χ4v) is 5.36. The molecule has 3 aromatic carbocycles. The molecular weight excluding hydrogens is 557 g/mol. The summed E-state index contributed by atoms with van der Waals surface area (Å²) < 4.78 is 26.7. The molecule has 208 valence electrons. The molecule has 1 N–H and O–H groups in total. The zero-order valence-corrected chi connectivity index (χ0v) is 24.6. The van der Waals surface area contributed by atoms with E-state index in [0.29, 0.717) is 27.8 Å². The van der Waals surface area contributed by atoms with E-state index in [1.807, 2.05) is 49.4 Å². The number of rotatable bonds is 12. The van der Waals surface area contributed by atoms with E-state index in [-0.39, 0.29) is 18.9 Å². The third-order valence-corrected chi connectivity index (χ3v) is 8.15. The first-order valence-electron chi connectivity index (χ1n) is 12.6. The number of nitrogens with one attached hydrogen (secondary N) is 1. The van der Waals surface area contributed by atoms with E-state index < -0.39 is 28.5 Å². The van der Waals surface area contributed by atoms with Crippen molar-refractivity contribution < 1.29 is 18.0 Å². The average Bonchev–Trinajstić information content (AvgIpc) is 2.91. The smallest absolute Gasteiger partial charge is 0.244 e. The minimum Gasteiger partial charge on any atom is -0.355 e. The van der Waals surface area contributed by atoms with Gasteiger partial charge in [-0.15, -0.1) is 0 Å². The van der Waals surface area contributed by atoms with Crippen LogP contribution in [0.5, 0.6) is 0 Å². The lowest BCUT2D eigenvalue weighted by Gasteiger charge is -2.33. The van der Waals surface area contributed by atoms with Crippen LogP contribution in [0.25, 0.3) is 0 Å². The van der Waals surface area contributed by atoms with E-state index in [9.17, 15) is 18.0 Å². The van der Waals surface area contributed by atoms with Crippen molar-refractivity contribution in [1.82, 2.24) is 10.2 Å². The molecule has 0 spiro atoms. The fourth-order valence-electron chi connectivity index (χ4n) is 4.19. The lowest BCUT2D eigenvalue weighted by atomic mass is 10.0. The number of likely N-dealkylation sites (N-methyl/N-ethyl adjacent to an activating group) is 1. The van der Waals surface area contributed by atoms with Crippen molar-refractivity contribution in [3.8, 4) is 0 Å². The van der Waals surface area contributed by atoms with Gasteiger partial charge in [-0.25, -0.2) is 8.42 Å². The first-order chi connectivity index (χ1) is 18.5. The molecule has 0 aliphatic carbocycles. The van der Waals surface area contributed by atoms with Crippen molar-refractivity contribution in [3.05, 3.63) is 99.5 Å². The van der Waals surface area contributed by atoms with Gasteiger partial charge in [0.05, 0.1) is 22.0 Å². The van der Waals surface area contributed by atoms with Crippen molar-refractivity contribution in [2.75, 3.05) is 23.7 Å². The Balaban J connectivity index is 2.04. The van der Waals surface area contributed by atoms with Crippen LogP contribution < -0.4 is 9.62 Å². The predicted octanol–water partition coefficient (Wildman–Crippen LogP) is 5.10. The Morgan fingerprint density at radius 2 is 1.51 bits per heavy atom. The molecule has 0 radical (unpaired) electrons. The Labute approximate surface area is 240 Å². The van der Waals surface area contributed by atoms with Crippen LogP contribution >= 0.6 is 23.2 Å². The van der Waals surface area contributed by atoms with Gasteiger partial charge >= 0.3 is 0 Å². The van der Waals surface area contributed by atoms with Crippen LogP contribution in [-0.2, 0) is 39.0 Å². The van der Waals surface area contributed by atoms with Gasteiger partial charge in [0.15, 0.2) is 0 Å². The highest BCUT2D eigenvalue weighted by Gasteiger charge is 2.33. The lowest BCUT2D eigenvalue weighted by molar-refractivity contribution is -0.140. The van der Waals surface area contributed by atoms with Crippen LogP contribution in [0.3, 0.4) is 0 Å². The monoisotopic (exact) mass is 589 g/mol. The Hall–Kier alpha value is -3.07. The number of carbonyl (C=O) groups is 2. The van der Waals surface area contributed by atoms with Crippen molar-refractivity contribution in [2.24, 2.45) is 0 Å².